The third-order valence-corrected chi connectivity index (χ3v) is 3.10. The van der Waals surface area contributed by atoms with E-state index in [1.165, 1.54) is 0 Å². The Bertz CT molecular complexity index is 356. The number of halogens is 2. The van der Waals surface area contributed by atoms with E-state index in [9.17, 15) is 4.79 Å². The number of rotatable bonds is 4. The van der Waals surface area contributed by atoms with Crippen LogP contribution in [0.4, 0.5) is 0 Å². The Hall–Kier alpha value is -0.840. The molecule has 1 aliphatic heterocycles. The van der Waals surface area contributed by atoms with Crippen molar-refractivity contribution in [1.29, 1.82) is 0 Å². The minimum Gasteiger partial charge on any atom is -0.355 e. The molecule has 2 rings (SSSR count). The van der Waals surface area contributed by atoms with Gasteiger partial charge < -0.3 is 10.6 Å². The number of amides is 1. The molecule has 1 aromatic heterocycles. The Morgan fingerprint density at radius 3 is 2.95 bits per heavy atom. The van der Waals surface area contributed by atoms with E-state index in [1.807, 2.05) is 18.3 Å². The molecule has 6 heteroatoms. The Labute approximate surface area is 126 Å². The number of carbonyl (C=O) groups is 1. The summed E-state index contributed by atoms with van der Waals surface area (Å²) in [6.45, 7) is 2.55. The molecule has 19 heavy (non-hydrogen) atoms. The summed E-state index contributed by atoms with van der Waals surface area (Å²) in [7, 11) is 0. The summed E-state index contributed by atoms with van der Waals surface area (Å²) >= 11 is 0. The maximum absolute atomic E-state index is 11.8. The fraction of sp³-hybridized carbons (Fsp3) is 0.538. The van der Waals surface area contributed by atoms with Crippen LogP contribution in [0.5, 0.6) is 0 Å². The first-order valence-corrected chi connectivity index (χ1v) is 6.23. The number of nitrogens with zero attached hydrogens (tertiary/aromatic N) is 1. The minimum absolute atomic E-state index is 0. The molecule has 0 bridgehead atoms. The fourth-order valence-electron chi connectivity index (χ4n) is 2.10. The van der Waals surface area contributed by atoms with Crippen molar-refractivity contribution < 1.29 is 4.79 Å². The molecule has 1 aliphatic rings. The Morgan fingerprint density at radius 2 is 2.32 bits per heavy atom. The lowest BCUT2D eigenvalue weighted by molar-refractivity contribution is -0.125. The van der Waals surface area contributed by atoms with Crippen LogP contribution in [0, 0.1) is 5.92 Å². The van der Waals surface area contributed by atoms with Crippen LogP contribution in [0.15, 0.2) is 24.5 Å². The maximum Gasteiger partial charge on any atom is 0.224 e. The van der Waals surface area contributed by atoms with Gasteiger partial charge in [-0.15, -0.1) is 24.8 Å². The minimum atomic E-state index is 0. The second kappa shape index (κ2) is 10.0. The number of hydrogen-bond acceptors (Lipinski definition) is 3. The van der Waals surface area contributed by atoms with Crippen LogP contribution in [0.2, 0.25) is 0 Å². The van der Waals surface area contributed by atoms with E-state index in [-0.39, 0.29) is 36.6 Å². The fourth-order valence-corrected chi connectivity index (χ4v) is 2.10. The van der Waals surface area contributed by atoms with E-state index >= 15 is 0 Å². The van der Waals surface area contributed by atoms with Gasteiger partial charge in [-0.05, 0) is 37.4 Å². The number of hydrogen-bond donors (Lipinski definition) is 2. The Kier molecular flexibility index (Phi) is 9.57. The van der Waals surface area contributed by atoms with E-state index in [0.717, 1.165) is 37.9 Å². The van der Waals surface area contributed by atoms with Gasteiger partial charge in [0.25, 0.3) is 0 Å². The van der Waals surface area contributed by atoms with Crippen molar-refractivity contribution in [3.63, 3.8) is 0 Å². The molecular weight excluding hydrogens is 285 g/mol. The normalized spacial score (nSPS) is 17.8. The molecule has 1 saturated heterocycles. The predicted octanol–water partition coefficient (Wildman–Crippen LogP) is 1.58. The molecule has 0 aliphatic carbocycles. The van der Waals surface area contributed by atoms with Gasteiger partial charge in [-0.2, -0.15) is 0 Å². The molecule has 1 aromatic rings. The standard InChI is InChI=1S/C13H19N3O.2ClH/c17-13(12-4-2-7-15-10-12)16-8-5-11-3-1-6-14-9-11;;/h1,3,6,9,12,15H,2,4-5,7-8,10H2,(H,16,17);2*1H. The molecule has 108 valence electrons. The monoisotopic (exact) mass is 305 g/mol. The lowest BCUT2D eigenvalue weighted by Gasteiger charge is -2.21. The second-order valence-electron chi connectivity index (χ2n) is 4.45. The highest BCUT2D eigenvalue weighted by Crippen LogP contribution is 2.09. The SMILES string of the molecule is Cl.Cl.O=C(NCCc1cccnc1)C1CCCNC1. The zero-order valence-electron chi connectivity index (χ0n) is 10.8. The molecule has 0 spiro atoms. The van der Waals surface area contributed by atoms with Gasteiger partial charge in [-0.3, -0.25) is 9.78 Å². The smallest absolute Gasteiger partial charge is 0.224 e. The summed E-state index contributed by atoms with van der Waals surface area (Å²) in [5.74, 6) is 0.332. The van der Waals surface area contributed by atoms with Gasteiger partial charge in [0, 0.05) is 25.5 Å². The molecule has 2 heterocycles. The van der Waals surface area contributed by atoms with Crippen LogP contribution < -0.4 is 10.6 Å². The molecule has 4 nitrogen and oxygen atoms in total. The number of piperidine rings is 1. The molecule has 0 saturated carbocycles. The third-order valence-electron chi connectivity index (χ3n) is 3.10. The van der Waals surface area contributed by atoms with Crippen molar-refractivity contribution in [2.45, 2.75) is 19.3 Å². The van der Waals surface area contributed by atoms with Crippen molar-refractivity contribution in [1.82, 2.24) is 15.6 Å². The van der Waals surface area contributed by atoms with Gasteiger partial charge >= 0.3 is 0 Å². The molecule has 1 unspecified atom stereocenters. The van der Waals surface area contributed by atoms with E-state index in [2.05, 4.69) is 15.6 Å². The van der Waals surface area contributed by atoms with E-state index < -0.39 is 0 Å². The average molecular weight is 306 g/mol. The van der Waals surface area contributed by atoms with E-state index in [1.54, 1.807) is 6.20 Å². The van der Waals surface area contributed by atoms with Gasteiger partial charge in [0.15, 0.2) is 0 Å². The largest absolute Gasteiger partial charge is 0.355 e. The van der Waals surface area contributed by atoms with Gasteiger partial charge in [0.1, 0.15) is 0 Å². The van der Waals surface area contributed by atoms with Crippen LogP contribution in [0.1, 0.15) is 18.4 Å². The Balaban J connectivity index is 0.00000162. The Morgan fingerprint density at radius 1 is 1.47 bits per heavy atom. The zero-order chi connectivity index (χ0) is 11.9. The van der Waals surface area contributed by atoms with E-state index in [0.29, 0.717) is 6.54 Å². The topological polar surface area (TPSA) is 54.0 Å². The number of aromatic nitrogens is 1. The highest BCUT2D eigenvalue weighted by Gasteiger charge is 2.19. The molecular formula is C13H21Cl2N3O. The van der Waals surface area contributed by atoms with Crippen LogP contribution in [0.25, 0.3) is 0 Å². The van der Waals surface area contributed by atoms with Crippen molar-refractivity contribution in [3.05, 3.63) is 30.1 Å². The third kappa shape index (κ3) is 6.23. The van der Waals surface area contributed by atoms with Crippen LogP contribution in [0.3, 0.4) is 0 Å². The summed E-state index contributed by atoms with van der Waals surface area (Å²) in [5.41, 5.74) is 1.16. The molecule has 0 radical (unpaired) electrons. The molecule has 2 N–H and O–H groups in total. The van der Waals surface area contributed by atoms with Crippen molar-refractivity contribution in [2.75, 3.05) is 19.6 Å². The average Bonchev–Trinajstić information content (AvgIpc) is 2.41. The number of pyridine rings is 1. The van der Waals surface area contributed by atoms with Crippen LogP contribution in [-0.2, 0) is 11.2 Å². The first kappa shape index (κ1) is 18.2. The first-order valence-electron chi connectivity index (χ1n) is 6.23. The number of nitrogens with one attached hydrogen (secondary N) is 2. The van der Waals surface area contributed by atoms with Gasteiger partial charge in [0.2, 0.25) is 5.91 Å². The second-order valence-corrected chi connectivity index (χ2v) is 4.45. The summed E-state index contributed by atoms with van der Waals surface area (Å²) in [5, 5.41) is 6.25. The zero-order valence-corrected chi connectivity index (χ0v) is 12.4. The van der Waals surface area contributed by atoms with E-state index in [4.69, 9.17) is 0 Å². The highest BCUT2D eigenvalue weighted by atomic mass is 35.5. The summed E-state index contributed by atoms with van der Waals surface area (Å²) < 4.78 is 0. The summed E-state index contributed by atoms with van der Waals surface area (Å²) in [4.78, 5) is 15.9. The lowest BCUT2D eigenvalue weighted by atomic mass is 9.99. The molecule has 1 fully saturated rings. The molecule has 1 amide bonds. The van der Waals surface area contributed by atoms with Gasteiger partial charge in [-0.25, -0.2) is 0 Å². The summed E-state index contributed by atoms with van der Waals surface area (Å²) in [6, 6.07) is 3.95. The van der Waals surface area contributed by atoms with Gasteiger partial charge in [-0.1, -0.05) is 6.07 Å². The highest BCUT2D eigenvalue weighted by molar-refractivity contribution is 5.85. The van der Waals surface area contributed by atoms with Crippen molar-refractivity contribution in [3.8, 4) is 0 Å². The number of carbonyl (C=O) groups excluding carboxylic acids is 1. The van der Waals surface area contributed by atoms with Crippen molar-refractivity contribution in [2.24, 2.45) is 5.92 Å². The quantitative estimate of drug-likeness (QED) is 0.888. The maximum atomic E-state index is 11.8. The lowest BCUT2D eigenvalue weighted by Crippen LogP contribution is -2.41. The molecule has 0 aromatic carbocycles. The molecule has 1 atom stereocenters. The first-order chi connectivity index (χ1) is 8.36. The van der Waals surface area contributed by atoms with Crippen LogP contribution in [-0.4, -0.2) is 30.5 Å². The summed E-state index contributed by atoms with van der Waals surface area (Å²) in [6.07, 6.45) is 6.55. The van der Waals surface area contributed by atoms with Crippen molar-refractivity contribution >= 4 is 30.7 Å². The predicted molar refractivity (Wildman–Crippen MR) is 81.0 cm³/mol. The van der Waals surface area contributed by atoms with Crippen LogP contribution >= 0.6 is 24.8 Å². The van der Waals surface area contributed by atoms with Gasteiger partial charge in [0.05, 0.1) is 5.92 Å².